The Bertz CT molecular complexity index is 624. The van der Waals surface area contributed by atoms with Gasteiger partial charge in [-0.05, 0) is 36.4 Å². The van der Waals surface area contributed by atoms with Gasteiger partial charge in [0.1, 0.15) is 4.88 Å². The van der Waals surface area contributed by atoms with Crippen molar-refractivity contribution in [2.45, 2.75) is 20.4 Å². The number of nitrogen functional groups attached to an aromatic ring is 1. The van der Waals surface area contributed by atoms with E-state index in [-0.39, 0.29) is 5.91 Å². The maximum Gasteiger partial charge on any atom is 0.265 e. The molecule has 0 fully saturated rings. The van der Waals surface area contributed by atoms with Crippen LogP contribution in [0.3, 0.4) is 0 Å². The van der Waals surface area contributed by atoms with Gasteiger partial charge in [-0.1, -0.05) is 29.8 Å². The Morgan fingerprint density at radius 2 is 2.10 bits per heavy atom. The van der Waals surface area contributed by atoms with Gasteiger partial charge >= 0.3 is 0 Å². The number of hydrogen-bond donors (Lipinski definition) is 1. The number of para-hydroxylation sites is 1. The van der Waals surface area contributed by atoms with Crippen LogP contribution in [-0.4, -0.2) is 17.4 Å². The predicted octanol–water partition coefficient (Wildman–Crippen LogP) is 3.95. The van der Waals surface area contributed by atoms with Gasteiger partial charge < -0.3 is 10.6 Å². The third-order valence-electron chi connectivity index (χ3n) is 3.18. The molecule has 0 saturated carbocycles. The molecular weight excluding hydrogens is 292 g/mol. The van der Waals surface area contributed by atoms with E-state index in [4.69, 9.17) is 17.3 Å². The van der Waals surface area contributed by atoms with Gasteiger partial charge in [0.25, 0.3) is 5.91 Å². The molecule has 20 heavy (non-hydrogen) atoms. The summed E-state index contributed by atoms with van der Waals surface area (Å²) in [6.07, 6.45) is 0. The van der Waals surface area contributed by atoms with Gasteiger partial charge in [0, 0.05) is 18.8 Å². The summed E-state index contributed by atoms with van der Waals surface area (Å²) >= 11 is 7.57. The minimum absolute atomic E-state index is 0.0427. The van der Waals surface area contributed by atoms with Crippen LogP contribution in [0.1, 0.15) is 27.7 Å². The molecular formula is C15H17ClN2OS. The van der Waals surface area contributed by atoms with E-state index in [1.54, 1.807) is 4.90 Å². The van der Waals surface area contributed by atoms with Crippen LogP contribution in [0.15, 0.2) is 29.6 Å². The molecule has 0 aliphatic carbocycles. The fourth-order valence-corrected chi connectivity index (χ4v) is 3.17. The van der Waals surface area contributed by atoms with Crippen molar-refractivity contribution in [1.82, 2.24) is 4.90 Å². The Balaban J connectivity index is 2.23. The maximum atomic E-state index is 12.5. The molecule has 2 N–H and O–H groups in total. The minimum atomic E-state index is -0.0427. The van der Waals surface area contributed by atoms with Crippen LogP contribution in [0, 0.1) is 6.92 Å². The Morgan fingerprint density at radius 3 is 2.65 bits per heavy atom. The van der Waals surface area contributed by atoms with Gasteiger partial charge in [-0.15, -0.1) is 11.3 Å². The van der Waals surface area contributed by atoms with Crippen LogP contribution >= 0.6 is 22.9 Å². The molecule has 5 heteroatoms. The number of aryl methyl sites for hydroxylation is 1. The van der Waals surface area contributed by atoms with Crippen molar-refractivity contribution in [2.75, 3.05) is 12.3 Å². The number of rotatable bonds is 4. The summed E-state index contributed by atoms with van der Waals surface area (Å²) in [5.74, 6) is -0.0427. The van der Waals surface area contributed by atoms with E-state index in [2.05, 4.69) is 0 Å². The summed E-state index contributed by atoms with van der Waals surface area (Å²) in [5.41, 5.74) is 8.53. The number of hydrogen-bond acceptors (Lipinski definition) is 3. The van der Waals surface area contributed by atoms with Crippen molar-refractivity contribution in [3.8, 4) is 0 Å². The SMILES string of the molecule is CCN(Cc1ccccc1N)C(=O)c1scc(C)c1Cl. The molecule has 0 aliphatic heterocycles. The molecule has 1 heterocycles. The quantitative estimate of drug-likeness (QED) is 0.869. The second kappa shape index (κ2) is 6.29. The standard InChI is InChI=1S/C15H17ClN2OS/c1-3-18(8-11-6-4-5-7-12(11)17)15(19)14-13(16)10(2)9-20-14/h4-7,9H,3,8,17H2,1-2H3. The first-order chi connectivity index (χ1) is 9.54. The van der Waals surface area contributed by atoms with Gasteiger partial charge in [0.15, 0.2) is 0 Å². The van der Waals surface area contributed by atoms with E-state index < -0.39 is 0 Å². The number of halogens is 1. The number of nitrogens with zero attached hydrogens (tertiary/aromatic N) is 1. The van der Waals surface area contributed by atoms with Crippen LogP contribution in [0.5, 0.6) is 0 Å². The molecule has 1 aromatic carbocycles. The van der Waals surface area contributed by atoms with Gasteiger partial charge in [0.05, 0.1) is 5.02 Å². The van der Waals surface area contributed by atoms with Crippen LogP contribution in [0.4, 0.5) is 5.69 Å². The number of nitrogens with two attached hydrogens (primary N) is 1. The van der Waals surface area contributed by atoms with Crippen LogP contribution in [0.25, 0.3) is 0 Å². The highest BCUT2D eigenvalue weighted by molar-refractivity contribution is 7.13. The highest BCUT2D eigenvalue weighted by Gasteiger charge is 2.20. The first-order valence-corrected chi connectivity index (χ1v) is 7.66. The lowest BCUT2D eigenvalue weighted by Crippen LogP contribution is -2.30. The van der Waals surface area contributed by atoms with E-state index in [0.29, 0.717) is 28.7 Å². The Hall–Kier alpha value is -1.52. The summed E-state index contributed by atoms with van der Waals surface area (Å²) in [6.45, 7) is 4.96. The third kappa shape index (κ3) is 2.97. The molecule has 0 radical (unpaired) electrons. The van der Waals surface area contributed by atoms with E-state index >= 15 is 0 Å². The summed E-state index contributed by atoms with van der Waals surface area (Å²) in [6, 6.07) is 7.59. The Labute approximate surface area is 128 Å². The number of carbonyl (C=O) groups is 1. The molecule has 2 aromatic rings. The molecule has 0 bridgehead atoms. The zero-order valence-electron chi connectivity index (χ0n) is 11.5. The number of anilines is 1. The van der Waals surface area contributed by atoms with E-state index in [9.17, 15) is 4.79 Å². The summed E-state index contributed by atoms with van der Waals surface area (Å²) in [4.78, 5) is 14.9. The summed E-state index contributed by atoms with van der Waals surface area (Å²) < 4.78 is 0. The average Bonchev–Trinajstić information content (AvgIpc) is 2.77. The first-order valence-electron chi connectivity index (χ1n) is 6.40. The lowest BCUT2D eigenvalue weighted by Gasteiger charge is -2.21. The van der Waals surface area contributed by atoms with Crippen molar-refractivity contribution >= 4 is 34.5 Å². The van der Waals surface area contributed by atoms with Crippen LogP contribution in [-0.2, 0) is 6.54 Å². The molecule has 1 amide bonds. The highest BCUT2D eigenvalue weighted by Crippen LogP contribution is 2.29. The fourth-order valence-electron chi connectivity index (χ4n) is 1.93. The van der Waals surface area contributed by atoms with Crippen molar-refractivity contribution in [2.24, 2.45) is 0 Å². The topological polar surface area (TPSA) is 46.3 Å². The maximum absolute atomic E-state index is 12.5. The zero-order chi connectivity index (χ0) is 14.7. The number of carbonyl (C=O) groups excluding carboxylic acids is 1. The summed E-state index contributed by atoms with van der Waals surface area (Å²) in [5, 5.41) is 2.46. The Morgan fingerprint density at radius 1 is 1.40 bits per heavy atom. The number of amides is 1. The highest BCUT2D eigenvalue weighted by atomic mass is 35.5. The minimum Gasteiger partial charge on any atom is -0.398 e. The van der Waals surface area contributed by atoms with Gasteiger partial charge in [0.2, 0.25) is 0 Å². The molecule has 0 spiro atoms. The van der Waals surface area contributed by atoms with Crippen molar-refractivity contribution in [3.63, 3.8) is 0 Å². The zero-order valence-corrected chi connectivity index (χ0v) is 13.1. The van der Waals surface area contributed by atoms with Crippen molar-refractivity contribution in [1.29, 1.82) is 0 Å². The lowest BCUT2D eigenvalue weighted by atomic mass is 10.1. The number of thiophene rings is 1. The van der Waals surface area contributed by atoms with Gasteiger partial charge in [-0.3, -0.25) is 4.79 Å². The fraction of sp³-hybridized carbons (Fsp3) is 0.267. The van der Waals surface area contributed by atoms with E-state index in [1.807, 2.05) is 43.5 Å². The molecule has 3 nitrogen and oxygen atoms in total. The lowest BCUT2D eigenvalue weighted by molar-refractivity contribution is 0.0758. The number of benzene rings is 1. The summed E-state index contributed by atoms with van der Waals surface area (Å²) in [7, 11) is 0. The molecule has 0 atom stereocenters. The predicted molar refractivity (Wildman–Crippen MR) is 85.3 cm³/mol. The van der Waals surface area contributed by atoms with E-state index in [1.165, 1.54) is 11.3 Å². The molecule has 0 saturated heterocycles. The first kappa shape index (κ1) is 14.9. The van der Waals surface area contributed by atoms with Crippen molar-refractivity contribution < 1.29 is 4.79 Å². The second-order valence-electron chi connectivity index (χ2n) is 4.58. The average molecular weight is 309 g/mol. The second-order valence-corrected chi connectivity index (χ2v) is 5.84. The molecule has 0 unspecified atom stereocenters. The largest absolute Gasteiger partial charge is 0.398 e. The van der Waals surface area contributed by atoms with Crippen molar-refractivity contribution in [3.05, 3.63) is 50.7 Å². The molecule has 106 valence electrons. The molecule has 1 aromatic heterocycles. The molecule has 2 rings (SSSR count). The molecule has 0 aliphatic rings. The Kier molecular flexibility index (Phi) is 4.68. The van der Waals surface area contributed by atoms with Crippen LogP contribution < -0.4 is 5.73 Å². The smallest absolute Gasteiger partial charge is 0.265 e. The van der Waals surface area contributed by atoms with Crippen LogP contribution in [0.2, 0.25) is 5.02 Å². The normalized spacial score (nSPS) is 10.6. The van der Waals surface area contributed by atoms with E-state index in [0.717, 1.165) is 11.1 Å². The monoisotopic (exact) mass is 308 g/mol. The van der Waals surface area contributed by atoms with Gasteiger partial charge in [-0.25, -0.2) is 0 Å². The van der Waals surface area contributed by atoms with Gasteiger partial charge in [-0.2, -0.15) is 0 Å². The third-order valence-corrected chi connectivity index (χ3v) is 4.86.